The molecule has 0 amide bonds. The second kappa shape index (κ2) is 11.0. The number of phenolic OH excluding ortho intramolecular Hbond substituents is 1. The maximum atomic E-state index is 13.7. The highest BCUT2D eigenvalue weighted by atomic mass is 79.9. The van der Waals surface area contributed by atoms with Gasteiger partial charge in [0.1, 0.15) is 18.1 Å². The molecule has 1 aromatic heterocycles. The molecule has 36 heavy (non-hydrogen) atoms. The van der Waals surface area contributed by atoms with Crippen LogP contribution in [0, 0.1) is 0 Å². The van der Waals surface area contributed by atoms with Crippen molar-refractivity contribution < 1.29 is 19.4 Å². The number of thiazole rings is 1. The summed E-state index contributed by atoms with van der Waals surface area (Å²) in [5.74, 6) is 0.202. The van der Waals surface area contributed by atoms with Gasteiger partial charge in [-0.05, 0) is 87.2 Å². The molecule has 1 aliphatic heterocycles. The van der Waals surface area contributed by atoms with Crippen molar-refractivity contribution in [1.29, 1.82) is 0 Å². The van der Waals surface area contributed by atoms with Crippen LogP contribution < -0.4 is 19.6 Å². The number of ether oxygens (including phenoxy) is 2. The maximum Gasteiger partial charge on any atom is 0.338 e. The zero-order chi connectivity index (χ0) is 26.0. The molecule has 4 rings (SSSR count). The first-order valence-electron chi connectivity index (χ1n) is 11.0. The Hall–Kier alpha value is -2.95. The van der Waals surface area contributed by atoms with Gasteiger partial charge in [0, 0.05) is 0 Å². The Morgan fingerprint density at radius 3 is 2.53 bits per heavy atom. The van der Waals surface area contributed by atoms with Gasteiger partial charge in [0.2, 0.25) is 0 Å². The van der Waals surface area contributed by atoms with Crippen LogP contribution in [0.15, 0.2) is 79.1 Å². The lowest BCUT2D eigenvalue weighted by atomic mass is 9.96. The number of carbonyl (C=O) groups is 1. The largest absolute Gasteiger partial charge is 0.506 e. The third kappa shape index (κ3) is 5.11. The zero-order valence-electron chi connectivity index (χ0n) is 19.5. The predicted molar refractivity (Wildman–Crippen MR) is 146 cm³/mol. The van der Waals surface area contributed by atoms with Gasteiger partial charge in [0.25, 0.3) is 5.56 Å². The van der Waals surface area contributed by atoms with Crippen LogP contribution in [-0.4, -0.2) is 28.9 Å². The molecule has 1 N–H and O–H groups in total. The highest BCUT2D eigenvalue weighted by Gasteiger charge is 2.33. The van der Waals surface area contributed by atoms with E-state index in [2.05, 4.69) is 43.4 Å². The second-order valence-electron chi connectivity index (χ2n) is 7.80. The third-order valence-corrected chi connectivity index (χ3v) is 7.61. The van der Waals surface area contributed by atoms with E-state index in [9.17, 15) is 14.7 Å². The molecule has 0 fully saturated rings. The van der Waals surface area contributed by atoms with Gasteiger partial charge in [-0.2, -0.15) is 0 Å². The molecular formula is C26H22Br2N2O5S. The summed E-state index contributed by atoms with van der Waals surface area (Å²) in [6.07, 6.45) is 3.38. The number of hydrogen-bond donors (Lipinski definition) is 1. The summed E-state index contributed by atoms with van der Waals surface area (Å²) in [6, 6.07) is 9.95. The van der Waals surface area contributed by atoms with Gasteiger partial charge in [-0.15, -0.1) is 0 Å². The highest BCUT2D eigenvalue weighted by molar-refractivity contribution is 9.11. The number of esters is 1. The molecule has 1 atom stereocenters. The summed E-state index contributed by atoms with van der Waals surface area (Å²) in [5.41, 5.74) is 1.95. The van der Waals surface area contributed by atoms with Crippen molar-refractivity contribution in [2.75, 3.05) is 13.2 Å². The van der Waals surface area contributed by atoms with Crippen LogP contribution in [0.2, 0.25) is 0 Å². The molecule has 10 heteroatoms. The number of halogens is 2. The zero-order valence-corrected chi connectivity index (χ0v) is 23.4. The van der Waals surface area contributed by atoms with Crippen molar-refractivity contribution in [2.24, 2.45) is 4.99 Å². The average molecular weight is 634 g/mol. The molecule has 2 heterocycles. The molecule has 0 radical (unpaired) electrons. The van der Waals surface area contributed by atoms with Crippen LogP contribution in [0.5, 0.6) is 11.5 Å². The second-order valence-corrected chi connectivity index (χ2v) is 10.5. The van der Waals surface area contributed by atoms with E-state index in [0.717, 1.165) is 5.56 Å². The number of phenols is 1. The first kappa shape index (κ1) is 26.1. The number of aromatic hydroxyl groups is 1. The molecule has 0 saturated heterocycles. The van der Waals surface area contributed by atoms with Gasteiger partial charge < -0.3 is 14.6 Å². The van der Waals surface area contributed by atoms with Gasteiger partial charge >= 0.3 is 5.97 Å². The number of nitrogens with zero attached hydrogens (tertiary/aromatic N) is 2. The summed E-state index contributed by atoms with van der Waals surface area (Å²) in [5, 5.41) is 10.0. The summed E-state index contributed by atoms with van der Waals surface area (Å²) in [6.45, 7) is 7.69. The minimum Gasteiger partial charge on any atom is -0.506 e. The molecule has 186 valence electrons. The van der Waals surface area contributed by atoms with Crippen molar-refractivity contribution in [3.63, 3.8) is 0 Å². The van der Waals surface area contributed by atoms with Gasteiger partial charge in [-0.1, -0.05) is 36.1 Å². The Bertz CT molecular complexity index is 1530. The Balaban J connectivity index is 1.90. The molecule has 0 spiro atoms. The summed E-state index contributed by atoms with van der Waals surface area (Å²) < 4.78 is 13.9. The van der Waals surface area contributed by atoms with Crippen molar-refractivity contribution in [2.45, 2.75) is 19.9 Å². The van der Waals surface area contributed by atoms with E-state index < -0.39 is 12.0 Å². The molecule has 1 aliphatic rings. The quantitative estimate of drug-likeness (QED) is 0.304. The molecule has 0 aliphatic carbocycles. The highest BCUT2D eigenvalue weighted by Crippen LogP contribution is 2.34. The number of rotatable bonds is 7. The van der Waals surface area contributed by atoms with Crippen LogP contribution in [0.4, 0.5) is 0 Å². The summed E-state index contributed by atoms with van der Waals surface area (Å²) in [4.78, 5) is 31.7. The smallest absolute Gasteiger partial charge is 0.338 e. The Morgan fingerprint density at radius 2 is 1.92 bits per heavy atom. The first-order valence-corrected chi connectivity index (χ1v) is 13.4. The van der Waals surface area contributed by atoms with Crippen LogP contribution in [0.1, 0.15) is 31.0 Å². The van der Waals surface area contributed by atoms with Crippen LogP contribution in [-0.2, 0) is 9.53 Å². The molecule has 0 bridgehead atoms. The normalized spacial score (nSPS) is 15.3. The molecule has 3 aromatic rings. The van der Waals surface area contributed by atoms with Crippen molar-refractivity contribution in [3.05, 3.63) is 100 Å². The Morgan fingerprint density at radius 1 is 1.25 bits per heavy atom. The van der Waals surface area contributed by atoms with Crippen molar-refractivity contribution in [3.8, 4) is 11.5 Å². The SMILES string of the molecule is C=CCOc1ccc([C@H]2C(C(=O)OCC)=C(C)N=c3s/c(=C\c4cc(Br)c(O)c(Br)c4)c(=O)n32)cc1. The molecule has 2 aromatic carbocycles. The number of aromatic nitrogens is 1. The number of fused-ring (bicyclic) bond motifs is 1. The van der Waals surface area contributed by atoms with E-state index in [1.54, 1.807) is 50.3 Å². The van der Waals surface area contributed by atoms with Crippen LogP contribution in [0.3, 0.4) is 0 Å². The lowest BCUT2D eigenvalue weighted by Crippen LogP contribution is -2.39. The van der Waals surface area contributed by atoms with Crippen molar-refractivity contribution in [1.82, 2.24) is 4.57 Å². The summed E-state index contributed by atoms with van der Waals surface area (Å²) >= 11 is 7.87. The monoisotopic (exact) mass is 632 g/mol. The van der Waals surface area contributed by atoms with Gasteiger partial charge in [-0.25, -0.2) is 9.79 Å². The Kier molecular flexibility index (Phi) is 7.97. The molecule has 7 nitrogen and oxygen atoms in total. The van der Waals surface area contributed by atoms with E-state index >= 15 is 0 Å². The number of allylic oxidation sites excluding steroid dienone is 1. The fourth-order valence-corrected chi connectivity index (χ4v) is 6.10. The number of hydrogen-bond acceptors (Lipinski definition) is 7. The standard InChI is InChI=1S/C26H22Br2N2O5S/c1-4-10-35-17-8-6-16(7-9-17)22-21(25(33)34-5-2)14(3)29-26-30(22)24(32)20(36-26)13-15-11-18(27)23(31)19(28)12-15/h4,6-9,11-13,22,31H,1,5,10H2,2-3H3/b20-13-/t22-/m0/s1. The Labute approximate surface area is 228 Å². The first-order chi connectivity index (χ1) is 17.2. The lowest BCUT2D eigenvalue weighted by Gasteiger charge is -2.24. The minimum atomic E-state index is -0.714. The fourth-order valence-electron chi connectivity index (χ4n) is 3.83. The van der Waals surface area contributed by atoms with E-state index in [1.165, 1.54) is 15.9 Å². The topological polar surface area (TPSA) is 90.1 Å². The molecule has 0 saturated carbocycles. The van der Waals surface area contributed by atoms with E-state index in [1.807, 2.05) is 12.1 Å². The molecule has 0 unspecified atom stereocenters. The number of benzene rings is 2. The third-order valence-electron chi connectivity index (χ3n) is 5.42. The van der Waals surface area contributed by atoms with Gasteiger partial charge in [0.05, 0.1) is 37.4 Å². The average Bonchev–Trinajstić information content (AvgIpc) is 3.15. The van der Waals surface area contributed by atoms with Crippen LogP contribution >= 0.6 is 43.2 Å². The lowest BCUT2D eigenvalue weighted by molar-refractivity contribution is -0.139. The minimum absolute atomic E-state index is 0.0730. The van der Waals surface area contributed by atoms with E-state index in [-0.39, 0.29) is 17.9 Å². The van der Waals surface area contributed by atoms with E-state index in [0.29, 0.717) is 47.5 Å². The summed E-state index contributed by atoms with van der Waals surface area (Å²) in [7, 11) is 0. The predicted octanol–water partition coefficient (Wildman–Crippen LogP) is 4.59. The van der Waals surface area contributed by atoms with Crippen LogP contribution in [0.25, 0.3) is 6.08 Å². The van der Waals surface area contributed by atoms with Gasteiger partial charge in [0.15, 0.2) is 4.80 Å². The van der Waals surface area contributed by atoms with Crippen molar-refractivity contribution >= 4 is 55.2 Å². The fraction of sp³-hybridized carbons (Fsp3) is 0.192. The van der Waals surface area contributed by atoms with E-state index in [4.69, 9.17) is 9.47 Å². The maximum absolute atomic E-state index is 13.7. The molecular weight excluding hydrogens is 612 g/mol. The van der Waals surface area contributed by atoms with Gasteiger partial charge in [-0.3, -0.25) is 9.36 Å². The number of carbonyl (C=O) groups excluding carboxylic acids is 1.